The maximum absolute atomic E-state index is 12.9. The van der Waals surface area contributed by atoms with E-state index >= 15 is 0 Å². The molecule has 0 amide bonds. The van der Waals surface area contributed by atoms with E-state index in [0.29, 0.717) is 17.2 Å². The van der Waals surface area contributed by atoms with Crippen molar-refractivity contribution in [2.75, 3.05) is 0 Å². The zero-order chi connectivity index (χ0) is 89.4. The van der Waals surface area contributed by atoms with E-state index in [9.17, 15) is 30.6 Å². The minimum absolute atomic E-state index is 0. The van der Waals surface area contributed by atoms with Crippen LogP contribution in [0, 0.1) is 0 Å². The second-order valence-corrected chi connectivity index (χ2v) is 36.3. The Morgan fingerprint density at radius 2 is 0.256 bits per heavy atom. The molecule has 0 radical (unpaired) electrons. The van der Waals surface area contributed by atoms with Crippen LogP contribution in [0.4, 0.5) is 0 Å². The molecule has 0 atom stereocenters. The summed E-state index contributed by atoms with van der Waals surface area (Å²) in [4.78, 5) is 0. The molecule has 0 fully saturated rings. The van der Waals surface area contributed by atoms with Gasteiger partial charge in [0.25, 0.3) is 0 Å². The van der Waals surface area contributed by atoms with Gasteiger partial charge in [-0.05, 0) is 149 Å². The monoisotopic (exact) mass is 1930 g/mol. The molecular formula is C117H192K6O6. The average Bonchev–Trinajstić information content (AvgIpc) is 0.836. The third-order valence-electron chi connectivity index (χ3n) is 25.0. The summed E-state index contributed by atoms with van der Waals surface area (Å²) in [6.07, 6.45) is 94.2. The van der Waals surface area contributed by atoms with Gasteiger partial charge >= 0.3 is 308 Å². The Kier molecular flexibility index (Phi) is 125. The van der Waals surface area contributed by atoms with Crippen molar-refractivity contribution in [2.45, 2.75) is 525 Å². The van der Waals surface area contributed by atoms with Gasteiger partial charge in [0.2, 0.25) is 0 Å². The van der Waals surface area contributed by atoms with Crippen LogP contribution in [0.25, 0.3) is 0 Å². The van der Waals surface area contributed by atoms with Crippen LogP contribution in [0.15, 0.2) is 127 Å². The van der Waals surface area contributed by atoms with Crippen molar-refractivity contribution in [2.24, 2.45) is 0 Å². The maximum Gasteiger partial charge on any atom is 1.00 e. The molecule has 0 aliphatic heterocycles. The van der Waals surface area contributed by atoms with E-state index in [-0.39, 0.29) is 326 Å². The number of hydrogen-bond donors (Lipinski definition) is 0. The van der Waals surface area contributed by atoms with E-state index in [1.54, 1.807) is 36.4 Å². The number of rotatable bonds is 72. The van der Waals surface area contributed by atoms with Crippen LogP contribution >= 0.6 is 0 Å². The fraction of sp³-hybridized carbons (Fsp3) is 0.692. The molecule has 0 unspecified atom stereocenters. The predicted octanol–water partition coefficient (Wildman–Crippen LogP) is 16.2. The molecule has 0 saturated heterocycles. The van der Waals surface area contributed by atoms with Gasteiger partial charge in [0, 0.05) is 0 Å². The van der Waals surface area contributed by atoms with Crippen LogP contribution in [0.1, 0.15) is 517 Å². The summed E-state index contributed by atoms with van der Waals surface area (Å²) in [5.74, 6) is 1.15. The molecule has 0 aliphatic carbocycles. The van der Waals surface area contributed by atoms with Crippen molar-refractivity contribution in [1.29, 1.82) is 0 Å². The molecule has 0 spiro atoms. The third-order valence-corrected chi connectivity index (χ3v) is 25.0. The van der Waals surface area contributed by atoms with Crippen molar-refractivity contribution in [1.82, 2.24) is 0 Å². The summed E-state index contributed by atoms with van der Waals surface area (Å²) >= 11 is 0. The molecule has 702 valence electrons. The topological polar surface area (TPSA) is 138 Å². The molecule has 6 nitrogen and oxygen atoms in total. The molecule has 6 aromatic carbocycles. The Morgan fingerprint density at radius 1 is 0.132 bits per heavy atom. The van der Waals surface area contributed by atoms with E-state index in [0.717, 1.165) is 38.5 Å². The molecule has 0 N–H and O–H groups in total. The Bertz CT molecular complexity index is 2860. The van der Waals surface area contributed by atoms with Gasteiger partial charge in [-0.3, -0.25) is 0 Å². The Hall–Kier alpha value is 3.94. The van der Waals surface area contributed by atoms with E-state index in [1.807, 2.05) is 36.4 Å². The fourth-order valence-corrected chi connectivity index (χ4v) is 17.3. The quantitative estimate of drug-likeness (QED) is 0.0275. The normalized spacial score (nSPS) is 10.4. The van der Waals surface area contributed by atoms with Crippen molar-refractivity contribution < 1.29 is 339 Å². The molecule has 0 aliphatic rings. The third kappa shape index (κ3) is 87.1. The second kappa shape index (κ2) is 112. The van der Waals surface area contributed by atoms with Crippen LogP contribution in [-0.4, -0.2) is 0 Å². The minimum atomic E-state index is 0. The molecule has 6 rings (SSSR count). The number of hydrogen-bond acceptors (Lipinski definition) is 6. The van der Waals surface area contributed by atoms with Gasteiger partial charge in [0.05, 0.1) is 0 Å². The van der Waals surface area contributed by atoms with E-state index in [4.69, 9.17) is 0 Å². The molecule has 0 saturated carbocycles. The molecule has 12 heteroatoms. The van der Waals surface area contributed by atoms with Gasteiger partial charge in [0.15, 0.2) is 0 Å². The van der Waals surface area contributed by atoms with Crippen LogP contribution in [0.3, 0.4) is 0 Å². The summed E-state index contributed by atoms with van der Waals surface area (Å²) in [6.45, 7) is 20.6. The summed E-state index contributed by atoms with van der Waals surface area (Å²) < 4.78 is 0. The van der Waals surface area contributed by atoms with Gasteiger partial charge in [-0.15, -0.1) is 34.5 Å². The van der Waals surface area contributed by atoms with Gasteiger partial charge < -0.3 is 30.6 Å². The Morgan fingerprint density at radius 3 is 0.388 bits per heavy atom. The largest absolute Gasteiger partial charge is 1.00 e. The van der Waals surface area contributed by atoms with Crippen molar-refractivity contribution in [3.05, 3.63) is 177 Å². The zero-order valence-electron chi connectivity index (χ0n) is 88.0. The summed E-state index contributed by atoms with van der Waals surface area (Å²) in [5.41, 5.74) is 12.4. The SMILES string of the molecule is CCCCCCCCCc1ccc([O-])c(CCCCCCCCC)c1CCCCCCCCC.CCCCCCCCCc1ccc([O-])c(CCCCCCCCC)c1CCCCCCCCC.CCCCCCCCCc1ccc([O-])c(CCCCCCCCC)c1CCCCCCCCC.[K+].[K+].[K+].[K+].[K+].[K+].[O-]c1ccccc1.[O-]c1ccccc1.[O-]c1ccccc1. The van der Waals surface area contributed by atoms with Crippen molar-refractivity contribution in [3.8, 4) is 34.5 Å². The maximum atomic E-state index is 12.9. The van der Waals surface area contributed by atoms with Gasteiger partial charge in [-0.25, -0.2) is 0 Å². The van der Waals surface area contributed by atoms with E-state index in [2.05, 4.69) is 80.5 Å². The number of para-hydroxylation sites is 3. The first-order valence-corrected chi connectivity index (χ1v) is 53.0. The molecule has 129 heavy (non-hydrogen) atoms. The fourth-order valence-electron chi connectivity index (χ4n) is 17.3. The molecule has 0 heterocycles. The number of aryl methyl sites for hydroxylation is 3. The Labute approximate surface area is 1060 Å². The van der Waals surface area contributed by atoms with E-state index in [1.165, 1.54) is 510 Å². The molecule has 0 bridgehead atoms. The summed E-state index contributed by atoms with van der Waals surface area (Å²) in [5, 5.41) is 69.5. The summed E-state index contributed by atoms with van der Waals surface area (Å²) in [7, 11) is 0. The van der Waals surface area contributed by atoms with Crippen LogP contribution in [-0.2, 0) is 57.8 Å². The molecular weight excluding hydrogens is 1740 g/mol. The Balaban J connectivity index is -0.000000383. The second-order valence-electron chi connectivity index (χ2n) is 36.3. The average molecular weight is 1930 g/mol. The standard InChI is InChI=1S/3C33H60O.3C6H6O.6K/c3*1-4-7-10-13-16-19-22-25-30-28-29-33(34)32(27-24-21-18-15-12-9-6-3)31(30)26-23-20-17-14-11-8-5-2;3*7-6-4-2-1-3-5-6;;;;;;/h3*28-29,34H,4-27H2,1-3H3;3*1-5,7H;;;;;;/q;;;;;;6*+1/p-6. The van der Waals surface area contributed by atoms with Gasteiger partial charge in [-0.1, -0.05) is 553 Å². The predicted molar refractivity (Wildman–Crippen MR) is 531 cm³/mol. The zero-order valence-corrected chi connectivity index (χ0v) is 107. The van der Waals surface area contributed by atoms with Gasteiger partial charge in [-0.2, -0.15) is 0 Å². The first-order valence-electron chi connectivity index (χ1n) is 53.0. The van der Waals surface area contributed by atoms with Crippen molar-refractivity contribution >= 4 is 0 Å². The van der Waals surface area contributed by atoms with Crippen LogP contribution < -0.4 is 339 Å². The number of benzene rings is 6. The van der Waals surface area contributed by atoms with E-state index < -0.39 is 0 Å². The molecule has 0 aromatic heterocycles. The molecule has 6 aromatic rings. The smallest absolute Gasteiger partial charge is 0.872 e. The van der Waals surface area contributed by atoms with Crippen LogP contribution in [0.5, 0.6) is 34.5 Å². The summed E-state index contributed by atoms with van der Waals surface area (Å²) in [6, 6.07) is 37.2. The number of unbranched alkanes of at least 4 members (excludes halogenated alkanes) is 54. The van der Waals surface area contributed by atoms with Gasteiger partial charge in [0.1, 0.15) is 0 Å². The first kappa shape index (κ1) is 144. The van der Waals surface area contributed by atoms with Crippen LogP contribution in [0.2, 0.25) is 0 Å². The first-order chi connectivity index (χ1) is 60.4. The minimum Gasteiger partial charge on any atom is -0.872 e. The van der Waals surface area contributed by atoms with Crippen molar-refractivity contribution in [3.63, 3.8) is 0 Å².